The third-order valence-electron chi connectivity index (χ3n) is 4.08. The molecule has 4 nitrogen and oxygen atoms in total. The summed E-state index contributed by atoms with van der Waals surface area (Å²) in [6.07, 6.45) is 2.37. The summed E-state index contributed by atoms with van der Waals surface area (Å²) < 4.78 is 0. The molecule has 0 saturated carbocycles. The first-order valence-electron chi connectivity index (χ1n) is 7.08. The number of rotatable bonds is 4. The Labute approximate surface area is 114 Å². The van der Waals surface area contributed by atoms with E-state index < -0.39 is 0 Å². The summed E-state index contributed by atoms with van der Waals surface area (Å²) in [5.41, 5.74) is 3.60. The average Bonchev–Trinajstić information content (AvgIpc) is 3.03. The minimum absolute atomic E-state index is 0.707. The highest BCUT2D eigenvalue weighted by atomic mass is 15.2. The Bertz CT molecular complexity index is 554. The number of nitrogens with zero attached hydrogens (tertiary/aromatic N) is 2. The van der Waals surface area contributed by atoms with Gasteiger partial charge in [0, 0.05) is 19.1 Å². The lowest BCUT2D eigenvalue weighted by Gasteiger charge is -2.23. The van der Waals surface area contributed by atoms with Crippen molar-refractivity contribution in [2.75, 3.05) is 26.7 Å². The van der Waals surface area contributed by atoms with Crippen molar-refractivity contribution in [1.29, 1.82) is 0 Å². The lowest BCUT2D eigenvalue weighted by molar-refractivity contribution is 0.260. The first kappa shape index (κ1) is 12.6. The smallest absolute Gasteiger partial charge is 0.104 e. The number of aryl methyl sites for hydroxylation is 1. The third-order valence-corrected chi connectivity index (χ3v) is 4.08. The van der Waals surface area contributed by atoms with E-state index in [9.17, 15) is 0 Å². The maximum absolute atomic E-state index is 4.44. The summed E-state index contributed by atoms with van der Waals surface area (Å²) in [5.74, 6) is 0.987. The van der Waals surface area contributed by atoms with Gasteiger partial charge < -0.3 is 15.2 Å². The molecule has 1 saturated heterocycles. The number of hydrogen-bond acceptors (Lipinski definition) is 3. The van der Waals surface area contributed by atoms with Crippen LogP contribution in [0, 0.1) is 6.92 Å². The van der Waals surface area contributed by atoms with Crippen LogP contribution in [0.2, 0.25) is 0 Å². The minimum Gasteiger partial charge on any atom is -0.342 e. The number of likely N-dealkylation sites (N-methyl/N-ethyl adjacent to an activating group) is 1. The largest absolute Gasteiger partial charge is 0.342 e. The molecule has 4 heteroatoms. The highest BCUT2D eigenvalue weighted by Gasteiger charge is 2.18. The van der Waals surface area contributed by atoms with Gasteiger partial charge >= 0.3 is 0 Å². The second-order valence-corrected chi connectivity index (χ2v) is 5.55. The van der Waals surface area contributed by atoms with Crippen LogP contribution >= 0.6 is 0 Å². The Morgan fingerprint density at radius 3 is 3.11 bits per heavy atom. The van der Waals surface area contributed by atoms with Crippen molar-refractivity contribution in [2.45, 2.75) is 25.8 Å². The molecule has 102 valence electrons. The van der Waals surface area contributed by atoms with Gasteiger partial charge in [-0.25, -0.2) is 4.98 Å². The van der Waals surface area contributed by atoms with Gasteiger partial charge in [0.1, 0.15) is 5.82 Å². The van der Waals surface area contributed by atoms with Crippen LogP contribution in [0.3, 0.4) is 0 Å². The molecular weight excluding hydrogens is 236 g/mol. The molecular formula is C15H22N4. The Morgan fingerprint density at radius 2 is 2.32 bits per heavy atom. The first-order chi connectivity index (χ1) is 9.22. The normalized spacial score (nSPS) is 19.6. The second kappa shape index (κ2) is 5.31. The van der Waals surface area contributed by atoms with Gasteiger partial charge in [-0.1, -0.05) is 6.07 Å². The van der Waals surface area contributed by atoms with E-state index in [0.29, 0.717) is 6.04 Å². The summed E-state index contributed by atoms with van der Waals surface area (Å²) in [6.45, 7) is 5.41. The lowest BCUT2D eigenvalue weighted by atomic mass is 10.1. The molecule has 1 unspecified atom stereocenters. The maximum atomic E-state index is 4.44. The van der Waals surface area contributed by atoms with Crippen LogP contribution in [0.15, 0.2) is 18.2 Å². The van der Waals surface area contributed by atoms with Crippen molar-refractivity contribution in [1.82, 2.24) is 20.2 Å². The Kier molecular flexibility index (Phi) is 3.53. The zero-order chi connectivity index (χ0) is 13.2. The van der Waals surface area contributed by atoms with Gasteiger partial charge in [-0.3, -0.25) is 0 Å². The molecule has 0 spiro atoms. The molecule has 0 aliphatic carbocycles. The summed E-state index contributed by atoms with van der Waals surface area (Å²) >= 11 is 0. The molecule has 1 atom stereocenters. The Hall–Kier alpha value is -1.39. The van der Waals surface area contributed by atoms with Crippen molar-refractivity contribution in [3.63, 3.8) is 0 Å². The van der Waals surface area contributed by atoms with Crippen LogP contribution in [0.4, 0.5) is 0 Å². The van der Waals surface area contributed by atoms with E-state index in [2.05, 4.69) is 45.4 Å². The number of aromatic amines is 1. The number of imidazole rings is 1. The summed E-state index contributed by atoms with van der Waals surface area (Å²) in [4.78, 5) is 10.2. The SMILES string of the molecule is Cc1nc2ccc(CCN(C)C3CCNC3)cc2[nH]1. The van der Waals surface area contributed by atoms with E-state index in [1.54, 1.807) is 0 Å². The average molecular weight is 258 g/mol. The standard InChI is InChI=1S/C15H22N4/c1-11-17-14-4-3-12(9-15(14)18-11)6-8-19(2)13-5-7-16-10-13/h3-4,9,13,16H,5-8,10H2,1-2H3,(H,17,18). The predicted octanol–water partition coefficient (Wildman–Crippen LogP) is 1.71. The van der Waals surface area contributed by atoms with Gasteiger partial charge in [-0.15, -0.1) is 0 Å². The summed E-state index contributed by atoms with van der Waals surface area (Å²) in [6, 6.07) is 7.25. The fourth-order valence-corrected chi connectivity index (χ4v) is 2.84. The van der Waals surface area contributed by atoms with E-state index in [1.165, 1.54) is 12.0 Å². The van der Waals surface area contributed by atoms with Gasteiger partial charge in [0.15, 0.2) is 0 Å². The minimum atomic E-state index is 0.707. The molecule has 0 bridgehead atoms. The summed E-state index contributed by atoms with van der Waals surface area (Å²) in [7, 11) is 2.23. The first-order valence-corrected chi connectivity index (χ1v) is 7.08. The fraction of sp³-hybridized carbons (Fsp3) is 0.533. The van der Waals surface area contributed by atoms with Gasteiger partial charge in [0.2, 0.25) is 0 Å². The highest BCUT2D eigenvalue weighted by molar-refractivity contribution is 5.75. The summed E-state index contributed by atoms with van der Waals surface area (Å²) in [5, 5.41) is 3.42. The van der Waals surface area contributed by atoms with Crippen LogP contribution in [0.1, 0.15) is 17.8 Å². The van der Waals surface area contributed by atoms with Gasteiger partial charge in [-0.2, -0.15) is 0 Å². The molecule has 2 aromatic rings. The lowest BCUT2D eigenvalue weighted by Crippen LogP contribution is -2.34. The maximum Gasteiger partial charge on any atom is 0.104 e. The van der Waals surface area contributed by atoms with Crippen molar-refractivity contribution >= 4 is 11.0 Å². The molecule has 2 N–H and O–H groups in total. The third kappa shape index (κ3) is 2.80. The molecule has 19 heavy (non-hydrogen) atoms. The molecule has 1 aromatic carbocycles. The van der Waals surface area contributed by atoms with Crippen LogP contribution in [0.25, 0.3) is 11.0 Å². The zero-order valence-corrected chi connectivity index (χ0v) is 11.7. The molecule has 2 heterocycles. The number of hydrogen-bond donors (Lipinski definition) is 2. The van der Waals surface area contributed by atoms with E-state index >= 15 is 0 Å². The highest BCUT2D eigenvalue weighted by Crippen LogP contribution is 2.15. The molecule has 0 amide bonds. The van der Waals surface area contributed by atoms with Crippen molar-refractivity contribution in [3.05, 3.63) is 29.6 Å². The van der Waals surface area contributed by atoms with Crippen molar-refractivity contribution in [3.8, 4) is 0 Å². The fourth-order valence-electron chi connectivity index (χ4n) is 2.84. The molecule has 3 rings (SSSR count). The number of nitrogens with one attached hydrogen (secondary N) is 2. The van der Waals surface area contributed by atoms with Crippen molar-refractivity contribution < 1.29 is 0 Å². The number of aromatic nitrogens is 2. The molecule has 1 fully saturated rings. The van der Waals surface area contributed by atoms with Crippen LogP contribution in [0.5, 0.6) is 0 Å². The van der Waals surface area contributed by atoms with Crippen LogP contribution in [-0.2, 0) is 6.42 Å². The van der Waals surface area contributed by atoms with Gasteiger partial charge in [0.25, 0.3) is 0 Å². The number of benzene rings is 1. The Morgan fingerprint density at radius 1 is 1.42 bits per heavy atom. The zero-order valence-electron chi connectivity index (χ0n) is 11.7. The molecule has 1 aliphatic rings. The molecule has 0 radical (unpaired) electrons. The van der Waals surface area contributed by atoms with Crippen LogP contribution in [-0.4, -0.2) is 47.6 Å². The number of H-pyrrole nitrogens is 1. The quantitative estimate of drug-likeness (QED) is 0.877. The van der Waals surface area contributed by atoms with Gasteiger partial charge in [0.05, 0.1) is 11.0 Å². The number of fused-ring (bicyclic) bond motifs is 1. The predicted molar refractivity (Wildman–Crippen MR) is 78.4 cm³/mol. The van der Waals surface area contributed by atoms with E-state index in [-0.39, 0.29) is 0 Å². The van der Waals surface area contributed by atoms with E-state index in [1.807, 2.05) is 6.92 Å². The van der Waals surface area contributed by atoms with E-state index in [4.69, 9.17) is 0 Å². The monoisotopic (exact) mass is 258 g/mol. The van der Waals surface area contributed by atoms with Crippen molar-refractivity contribution in [2.24, 2.45) is 0 Å². The van der Waals surface area contributed by atoms with Crippen LogP contribution < -0.4 is 5.32 Å². The second-order valence-electron chi connectivity index (χ2n) is 5.55. The Balaban J connectivity index is 1.64. The van der Waals surface area contributed by atoms with E-state index in [0.717, 1.165) is 42.9 Å². The van der Waals surface area contributed by atoms with Gasteiger partial charge in [-0.05, 0) is 51.1 Å². The molecule has 1 aromatic heterocycles. The molecule has 1 aliphatic heterocycles. The topological polar surface area (TPSA) is 44.0 Å².